The summed E-state index contributed by atoms with van der Waals surface area (Å²) in [5, 5.41) is 4.12. The molecule has 1 aliphatic rings. The largest absolute Gasteiger partial charge is 0.354 e. The number of nitrogens with zero attached hydrogens (tertiary/aromatic N) is 5. The van der Waals surface area contributed by atoms with Crippen LogP contribution in [0.2, 0.25) is 0 Å². The summed E-state index contributed by atoms with van der Waals surface area (Å²) in [5.74, 6) is 2.28. The molecule has 1 fully saturated rings. The standard InChI is InChI=1S/C22H27N5O/c1-3-19-16-27(14-13-26(19)2)21-12-10-18(15-23-21)22-24-20(25-28-22)11-9-17-7-5-4-6-8-17/h4-8,10,12,15,19H,3,9,11,13-14,16H2,1-2H3/t19-/m0/s1. The van der Waals surface area contributed by atoms with Crippen LogP contribution >= 0.6 is 0 Å². The van der Waals surface area contributed by atoms with E-state index in [0.717, 1.165) is 56.1 Å². The van der Waals surface area contributed by atoms with Crippen LogP contribution in [0.15, 0.2) is 53.2 Å². The molecular formula is C22H27N5O. The molecule has 1 aromatic carbocycles. The van der Waals surface area contributed by atoms with Crippen LogP contribution < -0.4 is 4.90 Å². The minimum atomic E-state index is 0.534. The number of hydrogen-bond acceptors (Lipinski definition) is 6. The number of aromatic nitrogens is 3. The van der Waals surface area contributed by atoms with Crippen molar-refractivity contribution in [1.29, 1.82) is 0 Å². The van der Waals surface area contributed by atoms with E-state index in [2.05, 4.69) is 57.1 Å². The van der Waals surface area contributed by atoms with Gasteiger partial charge in [0, 0.05) is 38.3 Å². The van der Waals surface area contributed by atoms with E-state index in [9.17, 15) is 0 Å². The van der Waals surface area contributed by atoms with Crippen molar-refractivity contribution in [3.63, 3.8) is 0 Å². The van der Waals surface area contributed by atoms with E-state index >= 15 is 0 Å². The van der Waals surface area contributed by atoms with Crippen LogP contribution in [0.3, 0.4) is 0 Å². The quantitative estimate of drug-likeness (QED) is 0.656. The third kappa shape index (κ3) is 4.22. The summed E-state index contributed by atoms with van der Waals surface area (Å²) < 4.78 is 5.45. The second-order valence-corrected chi connectivity index (χ2v) is 7.40. The molecule has 0 radical (unpaired) electrons. The van der Waals surface area contributed by atoms with Crippen LogP contribution in [-0.4, -0.2) is 52.7 Å². The van der Waals surface area contributed by atoms with E-state index in [-0.39, 0.29) is 0 Å². The molecule has 3 aromatic rings. The van der Waals surface area contributed by atoms with E-state index in [1.807, 2.05) is 30.5 Å². The molecule has 3 heterocycles. The van der Waals surface area contributed by atoms with Gasteiger partial charge in [0.15, 0.2) is 5.82 Å². The molecule has 2 aromatic heterocycles. The summed E-state index contributed by atoms with van der Waals surface area (Å²) in [6.45, 7) is 5.33. The van der Waals surface area contributed by atoms with E-state index in [1.165, 1.54) is 5.56 Å². The van der Waals surface area contributed by atoms with Gasteiger partial charge in [-0.25, -0.2) is 4.98 Å². The van der Waals surface area contributed by atoms with Gasteiger partial charge in [-0.15, -0.1) is 0 Å². The Morgan fingerprint density at radius 2 is 1.93 bits per heavy atom. The Hall–Kier alpha value is -2.73. The Labute approximate surface area is 166 Å². The topological polar surface area (TPSA) is 58.3 Å². The van der Waals surface area contributed by atoms with Crippen LogP contribution in [0, 0.1) is 0 Å². The first-order valence-electron chi connectivity index (χ1n) is 10.0. The minimum absolute atomic E-state index is 0.534. The van der Waals surface area contributed by atoms with Crippen molar-refractivity contribution in [1.82, 2.24) is 20.0 Å². The van der Waals surface area contributed by atoms with E-state index in [0.29, 0.717) is 11.9 Å². The fourth-order valence-electron chi connectivity index (χ4n) is 3.67. The Balaban J connectivity index is 1.39. The van der Waals surface area contributed by atoms with Gasteiger partial charge in [-0.05, 0) is 37.6 Å². The average molecular weight is 377 g/mol. The lowest BCUT2D eigenvalue weighted by Crippen LogP contribution is -2.51. The molecule has 0 spiro atoms. The fourth-order valence-corrected chi connectivity index (χ4v) is 3.67. The smallest absolute Gasteiger partial charge is 0.259 e. The van der Waals surface area contributed by atoms with E-state index in [4.69, 9.17) is 4.52 Å². The van der Waals surface area contributed by atoms with Gasteiger partial charge in [0.1, 0.15) is 5.82 Å². The average Bonchev–Trinajstić information content (AvgIpc) is 3.23. The van der Waals surface area contributed by atoms with Gasteiger partial charge in [0.2, 0.25) is 0 Å². The normalized spacial score (nSPS) is 17.8. The summed E-state index contributed by atoms with van der Waals surface area (Å²) in [7, 11) is 2.20. The molecule has 1 atom stereocenters. The second-order valence-electron chi connectivity index (χ2n) is 7.40. The van der Waals surface area contributed by atoms with Crippen LogP contribution in [0.4, 0.5) is 5.82 Å². The van der Waals surface area contributed by atoms with Crippen molar-refractivity contribution in [3.05, 3.63) is 60.0 Å². The Morgan fingerprint density at radius 3 is 2.68 bits per heavy atom. The third-order valence-electron chi connectivity index (χ3n) is 5.52. The van der Waals surface area contributed by atoms with Crippen LogP contribution in [0.1, 0.15) is 24.7 Å². The summed E-state index contributed by atoms with van der Waals surface area (Å²) >= 11 is 0. The van der Waals surface area contributed by atoms with Gasteiger partial charge in [-0.3, -0.25) is 4.90 Å². The molecule has 6 heteroatoms. The maximum atomic E-state index is 5.45. The summed E-state index contributed by atoms with van der Waals surface area (Å²) in [5.41, 5.74) is 2.14. The van der Waals surface area contributed by atoms with Crippen molar-refractivity contribution in [2.75, 3.05) is 31.6 Å². The molecule has 4 rings (SSSR count). The first-order chi connectivity index (χ1) is 13.7. The molecule has 28 heavy (non-hydrogen) atoms. The molecule has 0 saturated carbocycles. The highest BCUT2D eigenvalue weighted by Crippen LogP contribution is 2.22. The van der Waals surface area contributed by atoms with Gasteiger partial charge in [-0.2, -0.15) is 4.98 Å². The van der Waals surface area contributed by atoms with Crippen LogP contribution in [-0.2, 0) is 12.8 Å². The maximum Gasteiger partial charge on any atom is 0.259 e. The molecule has 146 valence electrons. The molecule has 0 amide bonds. The molecule has 1 saturated heterocycles. The molecular weight excluding hydrogens is 350 g/mol. The number of anilines is 1. The van der Waals surface area contributed by atoms with Gasteiger partial charge in [0.05, 0.1) is 5.56 Å². The zero-order chi connectivity index (χ0) is 19.3. The first kappa shape index (κ1) is 18.6. The lowest BCUT2D eigenvalue weighted by molar-refractivity contribution is 0.213. The second kappa shape index (κ2) is 8.52. The van der Waals surface area contributed by atoms with Crippen molar-refractivity contribution >= 4 is 5.82 Å². The number of hydrogen-bond donors (Lipinski definition) is 0. The number of likely N-dealkylation sites (N-methyl/N-ethyl adjacent to an activating group) is 1. The van der Waals surface area contributed by atoms with Crippen LogP contribution in [0.25, 0.3) is 11.5 Å². The van der Waals surface area contributed by atoms with Gasteiger partial charge >= 0.3 is 0 Å². The summed E-state index contributed by atoms with van der Waals surface area (Å²) in [6.07, 6.45) is 4.65. The number of aryl methyl sites for hydroxylation is 2. The molecule has 1 aliphatic heterocycles. The number of benzene rings is 1. The Bertz CT molecular complexity index is 877. The summed E-state index contributed by atoms with van der Waals surface area (Å²) in [4.78, 5) is 14.0. The van der Waals surface area contributed by atoms with E-state index in [1.54, 1.807) is 0 Å². The predicted octanol–water partition coefficient (Wildman–Crippen LogP) is 3.45. The lowest BCUT2D eigenvalue weighted by Gasteiger charge is -2.39. The number of piperazine rings is 1. The number of pyridine rings is 1. The highest BCUT2D eigenvalue weighted by molar-refractivity contribution is 5.54. The van der Waals surface area contributed by atoms with Gasteiger partial charge < -0.3 is 9.42 Å². The molecule has 6 nitrogen and oxygen atoms in total. The minimum Gasteiger partial charge on any atom is -0.354 e. The highest BCUT2D eigenvalue weighted by Gasteiger charge is 2.23. The van der Waals surface area contributed by atoms with Crippen molar-refractivity contribution in [2.45, 2.75) is 32.2 Å². The SMILES string of the molecule is CC[C@H]1CN(c2ccc(-c3nc(CCc4ccccc4)no3)cn2)CCN1C. The molecule has 0 N–H and O–H groups in total. The van der Waals surface area contributed by atoms with Crippen molar-refractivity contribution < 1.29 is 4.52 Å². The monoisotopic (exact) mass is 377 g/mol. The van der Waals surface area contributed by atoms with Gasteiger partial charge in [-0.1, -0.05) is 42.4 Å². The first-order valence-corrected chi connectivity index (χ1v) is 10.0. The Kier molecular flexibility index (Phi) is 5.67. The molecule has 0 unspecified atom stereocenters. The van der Waals surface area contributed by atoms with E-state index < -0.39 is 0 Å². The zero-order valence-corrected chi connectivity index (χ0v) is 16.6. The Morgan fingerprint density at radius 1 is 1.07 bits per heavy atom. The molecule has 0 aliphatic carbocycles. The predicted molar refractivity (Wildman–Crippen MR) is 110 cm³/mol. The zero-order valence-electron chi connectivity index (χ0n) is 16.6. The maximum absolute atomic E-state index is 5.45. The fraction of sp³-hybridized carbons (Fsp3) is 0.409. The van der Waals surface area contributed by atoms with Gasteiger partial charge in [0.25, 0.3) is 5.89 Å². The van der Waals surface area contributed by atoms with Crippen molar-refractivity contribution in [3.8, 4) is 11.5 Å². The molecule has 0 bridgehead atoms. The number of rotatable bonds is 6. The van der Waals surface area contributed by atoms with Crippen molar-refractivity contribution in [2.24, 2.45) is 0 Å². The lowest BCUT2D eigenvalue weighted by atomic mass is 10.1. The van der Waals surface area contributed by atoms with Crippen LogP contribution in [0.5, 0.6) is 0 Å². The highest BCUT2D eigenvalue weighted by atomic mass is 16.5. The summed E-state index contributed by atoms with van der Waals surface area (Å²) in [6, 6.07) is 15.0. The third-order valence-corrected chi connectivity index (χ3v) is 5.52.